The van der Waals surface area contributed by atoms with E-state index in [1.165, 1.54) is 11.1 Å². The molecule has 0 saturated heterocycles. The van der Waals surface area contributed by atoms with E-state index in [4.69, 9.17) is 25.8 Å². The molecule has 0 saturated carbocycles. The summed E-state index contributed by atoms with van der Waals surface area (Å²) in [7, 11) is 1.64. The van der Waals surface area contributed by atoms with Crippen LogP contribution < -0.4 is 4.74 Å². The highest BCUT2D eigenvalue weighted by Crippen LogP contribution is 2.26. The van der Waals surface area contributed by atoms with Gasteiger partial charge in [-0.3, -0.25) is 0 Å². The zero-order valence-corrected chi connectivity index (χ0v) is 24.1. The first-order valence-corrected chi connectivity index (χ1v) is 14.2. The fraction of sp³-hybridized carbons (Fsp3) is 0.314. The second-order valence-corrected chi connectivity index (χ2v) is 10.9. The van der Waals surface area contributed by atoms with Gasteiger partial charge in [0.25, 0.3) is 0 Å². The monoisotopic (exact) mass is 558 g/mol. The van der Waals surface area contributed by atoms with E-state index < -0.39 is 5.60 Å². The molecule has 0 fully saturated rings. The number of aryl methyl sites for hydroxylation is 1. The molecule has 0 amide bonds. The van der Waals surface area contributed by atoms with Crippen LogP contribution in [0.3, 0.4) is 0 Å². The maximum atomic E-state index is 9.91. The summed E-state index contributed by atoms with van der Waals surface area (Å²) in [6.07, 6.45) is 2.92. The van der Waals surface area contributed by atoms with E-state index in [0.29, 0.717) is 19.6 Å². The van der Waals surface area contributed by atoms with Gasteiger partial charge < -0.3 is 19.3 Å². The summed E-state index contributed by atoms with van der Waals surface area (Å²) in [5.41, 5.74) is 5.10. The second kappa shape index (κ2) is 15.0. The Labute approximate surface area is 243 Å². The smallest absolute Gasteiger partial charge is 0.119 e. The number of methoxy groups -OCH3 is 1. The zero-order valence-electron chi connectivity index (χ0n) is 23.4. The molecule has 0 spiro atoms. The maximum Gasteiger partial charge on any atom is 0.119 e. The number of hydrogen-bond donors (Lipinski definition) is 1. The molecule has 40 heavy (non-hydrogen) atoms. The molecular formula is C35H39ClO4. The maximum absolute atomic E-state index is 9.91. The molecule has 4 nitrogen and oxygen atoms in total. The van der Waals surface area contributed by atoms with E-state index in [9.17, 15) is 5.11 Å². The van der Waals surface area contributed by atoms with E-state index in [1.807, 2.05) is 61.5 Å². The third kappa shape index (κ3) is 9.21. The van der Waals surface area contributed by atoms with Crippen LogP contribution in [0.5, 0.6) is 5.75 Å². The number of aliphatic hydroxyl groups excluding tert-OH is 1. The fourth-order valence-corrected chi connectivity index (χ4v) is 4.82. The minimum atomic E-state index is -0.649. The summed E-state index contributed by atoms with van der Waals surface area (Å²) in [6, 6.07) is 34.8. The van der Waals surface area contributed by atoms with Gasteiger partial charge in [-0.15, -0.1) is 0 Å². The highest BCUT2D eigenvalue weighted by Gasteiger charge is 2.28. The Kier molecular flexibility index (Phi) is 11.2. The van der Waals surface area contributed by atoms with Crippen molar-refractivity contribution in [2.24, 2.45) is 0 Å². The summed E-state index contributed by atoms with van der Waals surface area (Å²) >= 11 is 6.61. The normalized spacial score (nSPS) is 13.5. The quantitative estimate of drug-likeness (QED) is 0.162. The standard InChI is InChI=1S/C35H39ClO4/c1-35(26-37,38-2)23-33(40-25-30-11-7-4-8-12-30)19-15-28-16-20-34(36)31(22-28)21-27-13-17-32(18-14-27)39-24-29-9-5-3-6-10-29/h3-14,16-18,20,22,33,37H,15,19,21,23-26H2,1-2H3/t33?,35-/m0/s1. The molecular weight excluding hydrogens is 520 g/mol. The first kappa shape index (κ1) is 29.8. The van der Waals surface area contributed by atoms with E-state index in [-0.39, 0.29) is 12.7 Å². The van der Waals surface area contributed by atoms with Gasteiger partial charge in [0.15, 0.2) is 0 Å². The van der Waals surface area contributed by atoms with E-state index in [1.54, 1.807) is 7.11 Å². The first-order valence-electron chi connectivity index (χ1n) is 13.8. The largest absolute Gasteiger partial charge is 0.489 e. The summed E-state index contributed by atoms with van der Waals surface area (Å²) < 4.78 is 17.9. The van der Waals surface area contributed by atoms with Crippen LogP contribution in [-0.2, 0) is 35.5 Å². The first-order chi connectivity index (χ1) is 19.5. The summed E-state index contributed by atoms with van der Waals surface area (Å²) in [6.45, 7) is 2.93. The molecule has 0 heterocycles. The molecule has 1 unspecified atom stereocenters. The average Bonchev–Trinajstić information content (AvgIpc) is 3.00. The molecule has 5 heteroatoms. The number of rotatable bonds is 15. The molecule has 0 radical (unpaired) electrons. The SMILES string of the molecule is CO[C@](C)(CO)CC(CCc1ccc(Cl)c(Cc2ccc(OCc3ccccc3)cc2)c1)OCc1ccccc1. The van der Waals surface area contributed by atoms with Crippen molar-refractivity contribution in [1.82, 2.24) is 0 Å². The topological polar surface area (TPSA) is 47.9 Å². The van der Waals surface area contributed by atoms with Gasteiger partial charge in [-0.2, -0.15) is 0 Å². The Balaban J connectivity index is 1.37. The van der Waals surface area contributed by atoms with Crippen LogP contribution in [0.2, 0.25) is 5.02 Å². The van der Waals surface area contributed by atoms with Crippen molar-refractivity contribution in [2.75, 3.05) is 13.7 Å². The van der Waals surface area contributed by atoms with Gasteiger partial charge in [0.05, 0.1) is 24.9 Å². The molecule has 4 aromatic carbocycles. The van der Waals surface area contributed by atoms with Crippen molar-refractivity contribution in [1.29, 1.82) is 0 Å². The molecule has 1 N–H and O–H groups in total. The van der Waals surface area contributed by atoms with Crippen molar-refractivity contribution in [3.05, 3.63) is 136 Å². The van der Waals surface area contributed by atoms with Gasteiger partial charge in [-0.1, -0.05) is 96.5 Å². The lowest BCUT2D eigenvalue weighted by Gasteiger charge is -2.30. The van der Waals surface area contributed by atoms with Crippen molar-refractivity contribution in [3.8, 4) is 5.75 Å². The Hall–Kier alpha value is -3.15. The van der Waals surface area contributed by atoms with Crippen molar-refractivity contribution in [2.45, 2.75) is 57.5 Å². The molecule has 0 aromatic heterocycles. The van der Waals surface area contributed by atoms with Gasteiger partial charge >= 0.3 is 0 Å². The Morgan fingerprint density at radius 3 is 2.02 bits per heavy atom. The number of halogens is 1. The number of hydrogen-bond acceptors (Lipinski definition) is 4. The zero-order chi connectivity index (χ0) is 28.2. The summed E-state index contributed by atoms with van der Waals surface area (Å²) in [5, 5.41) is 10.7. The number of aliphatic hydroxyl groups is 1. The lowest BCUT2D eigenvalue weighted by Crippen LogP contribution is -2.37. The lowest BCUT2D eigenvalue weighted by atomic mass is 9.94. The molecule has 210 valence electrons. The van der Waals surface area contributed by atoms with Gasteiger partial charge in [0.1, 0.15) is 12.4 Å². The van der Waals surface area contributed by atoms with E-state index in [2.05, 4.69) is 48.5 Å². The van der Waals surface area contributed by atoms with Crippen LogP contribution in [0.1, 0.15) is 47.6 Å². The highest BCUT2D eigenvalue weighted by atomic mass is 35.5. The molecule has 4 aromatic rings. The Bertz CT molecular complexity index is 1290. The summed E-state index contributed by atoms with van der Waals surface area (Å²) in [5.74, 6) is 0.847. The summed E-state index contributed by atoms with van der Waals surface area (Å²) in [4.78, 5) is 0. The molecule has 4 rings (SSSR count). The van der Waals surface area contributed by atoms with Gasteiger partial charge in [-0.25, -0.2) is 0 Å². The van der Waals surface area contributed by atoms with E-state index >= 15 is 0 Å². The van der Waals surface area contributed by atoms with E-state index in [0.717, 1.165) is 46.7 Å². The third-order valence-corrected chi connectivity index (χ3v) is 7.62. The minimum absolute atomic E-state index is 0.0596. The average molecular weight is 559 g/mol. The van der Waals surface area contributed by atoms with Crippen molar-refractivity contribution in [3.63, 3.8) is 0 Å². The number of benzene rings is 4. The van der Waals surface area contributed by atoms with Crippen LogP contribution in [0, 0.1) is 0 Å². The van der Waals surface area contributed by atoms with Crippen molar-refractivity contribution >= 4 is 11.6 Å². The number of ether oxygens (including phenoxy) is 3. The molecule has 2 atom stereocenters. The fourth-order valence-electron chi connectivity index (χ4n) is 4.64. The second-order valence-electron chi connectivity index (χ2n) is 10.5. The van der Waals surface area contributed by atoms with Crippen molar-refractivity contribution < 1.29 is 19.3 Å². The van der Waals surface area contributed by atoms with Gasteiger partial charge in [0, 0.05) is 18.6 Å². The van der Waals surface area contributed by atoms with Crippen LogP contribution in [0.4, 0.5) is 0 Å². The predicted octanol–water partition coefficient (Wildman–Crippen LogP) is 7.82. The van der Waals surface area contributed by atoms with Gasteiger partial charge in [-0.05, 0) is 72.2 Å². The Morgan fingerprint density at radius 1 is 0.775 bits per heavy atom. The highest BCUT2D eigenvalue weighted by molar-refractivity contribution is 6.31. The van der Waals surface area contributed by atoms with Gasteiger partial charge in [0.2, 0.25) is 0 Å². The van der Waals surface area contributed by atoms with Crippen LogP contribution in [0.25, 0.3) is 0 Å². The minimum Gasteiger partial charge on any atom is -0.489 e. The van der Waals surface area contributed by atoms with Crippen LogP contribution >= 0.6 is 11.6 Å². The predicted molar refractivity (Wildman–Crippen MR) is 162 cm³/mol. The Morgan fingerprint density at radius 2 is 1.40 bits per heavy atom. The molecule has 0 aliphatic heterocycles. The van der Waals surface area contributed by atoms with Crippen LogP contribution in [0.15, 0.2) is 103 Å². The molecule has 0 bridgehead atoms. The molecule has 0 aliphatic rings. The third-order valence-electron chi connectivity index (χ3n) is 7.25. The lowest BCUT2D eigenvalue weighted by molar-refractivity contribution is -0.0856. The van der Waals surface area contributed by atoms with Crippen LogP contribution in [-0.4, -0.2) is 30.5 Å². The molecule has 0 aliphatic carbocycles.